The zero-order valence-electron chi connectivity index (χ0n) is 29.2. The van der Waals surface area contributed by atoms with E-state index in [9.17, 15) is 18.0 Å². The molecule has 0 radical (unpaired) electrons. The molecule has 0 fully saturated rings. The van der Waals surface area contributed by atoms with Gasteiger partial charge in [-0.3, -0.25) is 13.9 Å². The quantitative estimate of drug-likeness (QED) is 0.212. The third kappa shape index (κ3) is 10.4. The van der Waals surface area contributed by atoms with Crippen molar-refractivity contribution in [2.75, 3.05) is 60.9 Å². The van der Waals surface area contributed by atoms with Crippen molar-refractivity contribution < 1.29 is 27.5 Å². The number of rotatable bonds is 12. The van der Waals surface area contributed by atoms with Crippen LogP contribution in [0.15, 0.2) is 53.6 Å². The molecule has 1 aliphatic rings. The molecular formula is C34H44Cl2N6O6S. The van der Waals surface area contributed by atoms with Crippen molar-refractivity contribution in [1.29, 1.82) is 0 Å². The molecule has 0 atom stereocenters. The molecule has 2 heterocycles. The number of nitrogens with zero attached hydrogens (tertiary/aromatic N) is 6. The number of sulfonamides is 1. The number of benzene rings is 2. The fraction of sp³-hybridized carbons (Fsp3) is 0.471. The van der Waals surface area contributed by atoms with E-state index in [1.807, 2.05) is 49.6 Å². The normalized spacial score (nSPS) is 13.3. The monoisotopic (exact) mass is 734 g/mol. The highest BCUT2D eigenvalue weighted by atomic mass is 35.5. The molecule has 4 rings (SSSR count). The Labute approximate surface area is 299 Å². The maximum atomic E-state index is 14.0. The van der Waals surface area contributed by atoms with E-state index in [1.165, 1.54) is 18.2 Å². The highest BCUT2D eigenvalue weighted by Gasteiger charge is 2.32. The molecular weight excluding hydrogens is 691 g/mol. The Morgan fingerprint density at radius 3 is 2.08 bits per heavy atom. The maximum Gasteiger partial charge on any atom is 0.327 e. The summed E-state index contributed by atoms with van der Waals surface area (Å²) >= 11 is 12.3. The summed E-state index contributed by atoms with van der Waals surface area (Å²) in [4.78, 5) is 40.8. The van der Waals surface area contributed by atoms with Gasteiger partial charge in [-0.15, -0.1) is 0 Å². The number of hydrogen-bond acceptors (Lipinski definition) is 11. The average Bonchev–Trinajstić information content (AvgIpc) is 3.39. The average molecular weight is 736 g/mol. The Balaban J connectivity index is 1.67. The third-order valence-corrected chi connectivity index (χ3v) is 9.30. The molecule has 0 unspecified atom stereocenters. The van der Waals surface area contributed by atoms with Gasteiger partial charge in [-0.25, -0.2) is 13.4 Å². The zero-order chi connectivity index (χ0) is 36.3. The predicted molar refractivity (Wildman–Crippen MR) is 193 cm³/mol. The number of carbonyl (C=O) groups is 2. The van der Waals surface area contributed by atoms with Gasteiger partial charge in [0.15, 0.2) is 0 Å². The predicted octanol–water partition coefficient (Wildman–Crippen LogP) is 5.72. The number of hydrogen-bond donors (Lipinski definition) is 0. The molecule has 0 amide bonds. The molecule has 3 aromatic rings. The second-order valence-electron chi connectivity index (χ2n) is 13.9. The van der Waals surface area contributed by atoms with Gasteiger partial charge in [0.25, 0.3) is 10.0 Å². The summed E-state index contributed by atoms with van der Waals surface area (Å²) in [6.45, 7) is 11.8. The smallest absolute Gasteiger partial charge is 0.327 e. The van der Waals surface area contributed by atoms with Gasteiger partial charge < -0.3 is 24.2 Å². The molecule has 0 spiro atoms. The van der Waals surface area contributed by atoms with Crippen LogP contribution in [0.4, 0.5) is 23.1 Å². The molecule has 0 aliphatic carbocycles. The lowest BCUT2D eigenvalue weighted by molar-refractivity contribution is -0.154. The fourth-order valence-electron chi connectivity index (χ4n) is 5.13. The molecule has 266 valence electrons. The van der Waals surface area contributed by atoms with Crippen LogP contribution in [0.5, 0.6) is 0 Å². The van der Waals surface area contributed by atoms with E-state index in [1.54, 1.807) is 51.2 Å². The minimum Gasteiger partial charge on any atom is -0.459 e. The first-order valence-corrected chi connectivity index (χ1v) is 18.0. The minimum atomic E-state index is -4.30. The van der Waals surface area contributed by atoms with Crippen molar-refractivity contribution in [2.24, 2.45) is 0 Å². The van der Waals surface area contributed by atoms with Crippen LogP contribution in [0.1, 0.15) is 47.1 Å². The second-order valence-corrected chi connectivity index (χ2v) is 16.7. The molecule has 1 aliphatic heterocycles. The number of aromatic nitrogens is 2. The van der Waals surface area contributed by atoms with E-state index in [0.29, 0.717) is 37.8 Å². The summed E-state index contributed by atoms with van der Waals surface area (Å²) < 4.78 is 40.1. The lowest BCUT2D eigenvalue weighted by Crippen LogP contribution is -2.39. The highest BCUT2D eigenvalue weighted by Crippen LogP contribution is 2.37. The fourth-order valence-corrected chi connectivity index (χ4v) is 7.26. The number of halogens is 2. The third-order valence-electron chi connectivity index (χ3n) is 7.11. The van der Waals surface area contributed by atoms with E-state index >= 15 is 0 Å². The van der Waals surface area contributed by atoms with Crippen molar-refractivity contribution >= 4 is 68.3 Å². The first-order valence-electron chi connectivity index (χ1n) is 15.8. The van der Waals surface area contributed by atoms with Gasteiger partial charge in [-0.2, -0.15) is 4.98 Å². The van der Waals surface area contributed by atoms with Crippen molar-refractivity contribution in [3.05, 3.63) is 64.3 Å². The van der Waals surface area contributed by atoms with Gasteiger partial charge in [0.05, 0.1) is 10.6 Å². The SMILES string of the molecule is CN(C)CCN(CC(=O)OC(C)(C)C)c1ccnc(N2CCc3cc(N(CC(=O)OC(C)(C)C)S(=O)(=O)c4cc(Cl)cc(Cl)c4)ccc32)n1. The van der Waals surface area contributed by atoms with Gasteiger partial charge >= 0.3 is 11.9 Å². The molecule has 0 saturated heterocycles. The maximum absolute atomic E-state index is 14.0. The van der Waals surface area contributed by atoms with Crippen molar-refractivity contribution in [3.8, 4) is 0 Å². The second kappa shape index (κ2) is 15.1. The van der Waals surface area contributed by atoms with Crippen LogP contribution in [0, 0.1) is 0 Å². The van der Waals surface area contributed by atoms with Crippen LogP contribution in [-0.4, -0.2) is 93.2 Å². The molecule has 0 saturated carbocycles. The van der Waals surface area contributed by atoms with E-state index in [0.717, 1.165) is 15.6 Å². The van der Waals surface area contributed by atoms with Crippen LogP contribution in [0.3, 0.4) is 0 Å². The van der Waals surface area contributed by atoms with E-state index in [4.69, 9.17) is 37.7 Å². The van der Waals surface area contributed by atoms with Crippen LogP contribution in [-0.2, 0) is 35.5 Å². The Morgan fingerprint density at radius 1 is 0.878 bits per heavy atom. The Kier molecular flexibility index (Phi) is 11.7. The zero-order valence-corrected chi connectivity index (χ0v) is 31.5. The number of fused-ring (bicyclic) bond motifs is 1. The molecule has 0 N–H and O–H groups in total. The lowest BCUT2D eigenvalue weighted by Gasteiger charge is -2.28. The van der Waals surface area contributed by atoms with E-state index in [-0.39, 0.29) is 33.1 Å². The van der Waals surface area contributed by atoms with Gasteiger partial charge in [0.2, 0.25) is 5.95 Å². The van der Waals surface area contributed by atoms with Crippen LogP contribution >= 0.6 is 23.2 Å². The molecule has 1 aromatic heterocycles. The van der Waals surface area contributed by atoms with Gasteiger partial charge in [-0.1, -0.05) is 23.2 Å². The van der Waals surface area contributed by atoms with Gasteiger partial charge in [0, 0.05) is 41.6 Å². The Hall–Kier alpha value is -3.65. The summed E-state index contributed by atoms with van der Waals surface area (Å²) in [5.41, 5.74) is 0.437. The largest absolute Gasteiger partial charge is 0.459 e. The molecule has 12 nitrogen and oxygen atoms in total. The molecule has 49 heavy (non-hydrogen) atoms. The van der Waals surface area contributed by atoms with Gasteiger partial charge in [0.1, 0.15) is 30.1 Å². The van der Waals surface area contributed by atoms with Crippen LogP contribution < -0.4 is 14.1 Å². The Bertz CT molecular complexity index is 1770. The van der Waals surface area contributed by atoms with Crippen LogP contribution in [0.2, 0.25) is 10.0 Å². The molecule has 0 bridgehead atoms. The summed E-state index contributed by atoms with van der Waals surface area (Å²) in [6, 6.07) is 10.9. The van der Waals surface area contributed by atoms with Crippen LogP contribution in [0.25, 0.3) is 0 Å². The number of ether oxygens (including phenoxy) is 2. The van der Waals surface area contributed by atoms with E-state index in [2.05, 4.69) is 4.98 Å². The topological polar surface area (TPSA) is 125 Å². The number of anilines is 4. The van der Waals surface area contributed by atoms with Crippen molar-refractivity contribution in [2.45, 2.75) is 64.1 Å². The minimum absolute atomic E-state index is 0.0152. The number of carbonyl (C=O) groups excluding carboxylic acids is 2. The van der Waals surface area contributed by atoms with Crippen molar-refractivity contribution in [3.63, 3.8) is 0 Å². The van der Waals surface area contributed by atoms with Gasteiger partial charge in [-0.05, 0) is 110 Å². The Morgan fingerprint density at radius 2 is 1.49 bits per heavy atom. The lowest BCUT2D eigenvalue weighted by atomic mass is 10.1. The standard InChI is InChI=1S/C34H44Cl2N6O6S/c1-33(2,3)47-30(43)21-40(16-15-39(7)8)29-11-13-37-32(38-29)41-14-12-23-17-26(9-10-28(23)41)42(22-31(44)48-34(4,5)6)49(45,46)27-19-24(35)18-25(36)20-27/h9-11,13,17-20H,12,14-16,21-22H2,1-8H3. The molecule has 2 aromatic carbocycles. The number of esters is 2. The highest BCUT2D eigenvalue weighted by molar-refractivity contribution is 7.92. The first-order chi connectivity index (χ1) is 22.7. The number of likely N-dealkylation sites (N-methyl/N-ethyl adjacent to an activating group) is 1. The van der Waals surface area contributed by atoms with Crippen molar-refractivity contribution in [1.82, 2.24) is 14.9 Å². The summed E-state index contributed by atoms with van der Waals surface area (Å²) in [5, 5.41) is 0.281. The van der Waals surface area contributed by atoms with E-state index < -0.39 is 33.7 Å². The first kappa shape index (κ1) is 38.2. The molecule has 15 heteroatoms. The summed E-state index contributed by atoms with van der Waals surface area (Å²) in [5.74, 6) is -0.0921. The summed E-state index contributed by atoms with van der Waals surface area (Å²) in [6.07, 6.45) is 2.20. The summed E-state index contributed by atoms with van der Waals surface area (Å²) in [7, 11) is -0.393.